The number of hydrogen-bond donors (Lipinski definition) is 0. The van der Waals surface area contributed by atoms with Crippen LogP contribution in [0, 0.1) is 17.5 Å². The van der Waals surface area contributed by atoms with E-state index < -0.39 is 29.1 Å². The first-order chi connectivity index (χ1) is 12.3. The summed E-state index contributed by atoms with van der Waals surface area (Å²) in [5, 5.41) is 1.06. The molecule has 0 saturated heterocycles. The standard InChI is InChI=1S/C19H9BrF5N/c20-10-5-8-16-12(9-10)11-3-1-2-4-15(11)26(16)19(24,25)13-6-7-14(21)18(23)17(13)22/h1-9H. The first-order valence-electron chi connectivity index (χ1n) is 7.53. The first kappa shape index (κ1) is 17.0. The molecule has 0 unspecified atom stereocenters. The van der Waals surface area contributed by atoms with E-state index in [4.69, 9.17) is 0 Å². The summed E-state index contributed by atoms with van der Waals surface area (Å²) < 4.78 is 72.7. The predicted octanol–water partition coefficient (Wildman–Crippen LogP) is 6.57. The summed E-state index contributed by atoms with van der Waals surface area (Å²) in [6, 6.07) is 8.24. The third-order valence-electron chi connectivity index (χ3n) is 4.27. The fourth-order valence-corrected chi connectivity index (χ4v) is 3.49. The lowest BCUT2D eigenvalue weighted by Crippen LogP contribution is -2.26. The minimum atomic E-state index is -3.94. The highest BCUT2D eigenvalue weighted by Gasteiger charge is 2.40. The normalized spacial score (nSPS) is 12.2. The van der Waals surface area contributed by atoms with Crippen LogP contribution in [0.4, 0.5) is 22.0 Å². The molecule has 4 aromatic rings. The minimum absolute atomic E-state index is 0.142. The van der Waals surface area contributed by atoms with Crippen LogP contribution >= 0.6 is 15.9 Å². The molecule has 4 rings (SSSR count). The van der Waals surface area contributed by atoms with Gasteiger partial charge in [-0.05, 0) is 36.4 Å². The van der Waals surface area contributed by atoms with Crippen molar-refractivity contribution in [3.8, 4) is 0 Å². The van der Waals surface area contributed by atoms with E-state index in [0.717, 1.165) is 0 Å². The molecule has 0 spiro atoms. The molecule has 3 aromatic carbocycles. The summed E-state index contributed by atoms with van der Waals surface area (Å²) in [6.45, 7) is 0. The Morgan fingerprint density at radius 1 is 0.769 bits per heavy atom. The molecule has 0 radical (unpaired) electrons. The van der Waals surface area contributed by atoms with E-state index in [1.807, 2.05) is 0 Å². The zero-order valence-corrected chi connectivity index (χ0v) is 14.5. The maximum Gasteiger partial charge on any atom is 0.359 e. The molecule has 0 aliphatic rings. The van der Waals surface area contributed by atoms with Crippen LogP contribution in [-0.2, 0) is 6.05 Å². The van der Waals surface area contributed by atoms with Crippen molar-refractivity contribution in [1.82, 2.24) is 4.57 Å². The molecule has 0 saturated carbocycles. The fraction of sp³-hybridized carbons (Fsp3) is 0.0526. The fourth-order valence-electron chi connectivity index (χ4n) is 3.13. The van der Waals surface area contributed by atoms with Gasteiger partial charge in [-0.15, -0.1) is 0 Å². The molecule has 1 heterocycles. The zero-order chi connectivity index (χ0) is 18.6. The number of alkyl halides is 2. The van der Waals surface area contributed by atoms with Gasteiger partial charge in [0.2, 0.25) is 0 Å². The molecule has 0 amide bonds. The maximum atomic E-state index is 15.3. The molecule has 1 aromatic heterocycles. The average molecular weight is 426 g/mol. The highest BCUT2D eigenvalue weighted by Crippen LogP contribution is 2.41. The SMILES string of the molecule is Fc1ccc(C(F)(F)n2c3ccccc3c3cc(Br)ccc32)c(F)c1F. The van der Waals surface area contributed by atoms with Crippen LogP contribution in [0.3, 0.4) is 0 Å². The lowest BCUT2D eigenvalue weighted by Gasteiger charge is -2.22. The third-order valence-corrected chi connectivity index (χ3v) is 4.77. The van der Waals surface area contributed by atoms with Gasteiger partial charge in [0, 0.05) is 15.2 Å². The van der Waals surface area contributed by atoms with Crippen LogP contribution in [0.25, 0.3) is 21.8 Å². The van der Waals surface area contributed by atoms with Crippen LogP contribution in [0.15, 0.2) is 59.1 Å². The lowest BCUT2D eigenvalue weighted by atomic mass is 10.1. The zero-order valence-electron chi connectivity index (χ0n) is 12.9. The molecular formula is C19H9BrF5N. The van der Waals surface area contributed by atoms with Gasteiger partial charge in [0.15, 0.2) is 17.5 Å². The Morgan fingerprint density at radius 2 is 1.46 bits per heavy atom. The molecule has 0 N–H and O–H groups in total. The van der Waals surface area contributed by atoms with Gasteiger partial charge in [0.05, 0.1) is 16.6 Å². The van der Waals surface area contributed by atoms with Crippen molar-refractivity contribution < 1.29 is 22.0 Å². The van der Waals surface area contributed by atoms with Crippen LogP contribution in [0.1, 0.15) is 5.56 Å². The second-order valence-corrected chi connectivity index (χ2v) is 6.69. The van der Waals surface area contributed by atoms with E-state index in [1.165, 1.54) is 12.1 Å². The Morgan fingerprint density at radius 3 is 2.23 bits per heavy atom. The quantitative estimate of drug-likeness (QED) is 0.252. The van der Waals surface area contributed by atoms with E-state index in [0.29, 0.717) is 31.9 Å². The Bertz CT molecular complexity index is 1170. The van der Waals surface area contributed by atoms with Gasteiger partial charge in [-0.1, -0.05) is 34.1 Å². The first-order valence-corrected chi connectivity index (χ1v) is 8.32. The second-order valence-electron chi connectivity index (χ2n) is 5.78. The van der Waals surface area contributed by atoms with E-state index in [2.05, 4.69) is 15.9 Å². The van der Waals surface area contributed by atoms with Gasteiger partial charge in [-0.2, -0.15) is 8.78 Å². The van der Waals surface area contributed by atoms with Crippen molar-refractivity contribution in [3.05, 3.63) is 82.1 Å². The van der Waals surface area contributed by atoms with Crippen molar-refractivity contribution >= 4 is 37.7 Å². The molecule has 26 heavy (non-hydrogen) atoms. The molecule has 7 heteroatoms. The van der Waals surface area contributed by atoms with Gasteiger partial charge in [-0.3, -0.25) is 4.57 Å². The Hall–Kier alpha value is -2.41. The van der Waals surface area contributed by atoms with Crippen LogP contribution in [0.5, 0.6) is 0 Å². The Labute approximate surface area is 152 Å². The lowest BCUT2D eigenvalue weighted by molar-refractivity contribution is -0.0319. The molecule has 0 aliphatic carbocycles. The molecule has 0 fully saturated rings. The van der Waals surface area contributed by atoms with E-state index >= 15 is 8.78 Å². The molecular weight excluding hydrogens is 417 g/mol. The van der Waals surface area contributed by atoms with Crippen molar-refractivity contribution in [2.45, 2.75) is 6.05 Å². The van der Waals surface area contributed by atoms with Crippen molar-refractivity contribution in [2.75, 3.05) is 0 Å². The van der Waals surface area contributed by atoms with E-state index in [1.54, 1.807) is 30.3 Å². The number of halogens is 6. The smallest absolute Gasteiger partial charge is 0.277 e. The number of fused-ring (bicyclic) bond motifs is 3. The van der Waals surface area contributed by atoms with Gasteiger partial charge in [0.25, 0.3) is 0 Å². The highest BCUT2D eigenvalue weighted by atomic mass is 79.9. The van der Waals surface area contributed by atoms with Gasteiger partial charge in [-0.25, -0.2) is 13.2 Å². The van der Waals surface area contributed by atoms with E-state index in [-0.39, 0.29) is 11.0 Å². The molecule has 132 valence electrons. The number of benzene rings is 3. The maximum absolute atomic E-state index is 15.3. The van der Waals surface area contributed by atoms with Gasteiger partial charge >= 0.3 is 6.05 Å². The number of para-hydroxylation sites is 1. The van der Waals surface area contributed by atoms with Gasteiger partial charge < -0.3 is 0 Å². The minimum Gasteiger partial charge on any atom is -0.277 e. The summed E-state index contributed by atoms with van der Waals surface area (Å²) >= 11 is 3.30. The van der Waals surface area contributed by atoms with Crippen molar-refractivity contribution in [3.63, 3.8) is 0 Å². The summed E-state index contributed by atoms with van der Waals surface area (Å²) in [4.78, 5) is 0. The predicted molar refractivity (Wildman–Crippen MR) is 92.8 cm³/mol. The summed E-state index contributed by atoms with van der Waals surface area (Å²) in [6.07, 6.45) is 0. The summed E-state index contributed by atoms with van der Waals surface area (Å²) in [5.74, 6) is -5.35. The number of rotatable bonds is 2. The monoisotopic (exact) mass is 425 g/mol. The highest BCUT2D eigenvalue weighted by molar-refractivity contribution is 9.10. The molecule has 1 nitrogen and oxygen atoms in total. The Balaban J connectivity index is 2.11. The average Bonchev–Trinajstić information content (AvgIpc) is 2.94. The van der Waals surface area contributed by atoms with Gasteiger partial charge in [0.1, 0.15) is 0 Å². The molecule has 0 bridgehead atoms. The third kappa shape index (κ3) is 2.34. The van der Waals surface area contributed by atoms with Crippen LogP contribution in [0.2, 0.25) is 0 Å². The number of nitrogens with zero attached hydrogens (tertiary/aromatic N) is 1. The Kier molecular flexibility index (Phi) is 3.80. The molecule has 0 aliphatic heterocycles. The van der Waals surface area contributed by atoms with Crippen LogP contribution < -0.4 is 0 Å². The van der Waals surface area contributed by atoms with Crippen LogP contribution in [-0.4, -0.2) is 4.57 Å². The molecule has 0 atom stereocenters. The number of hydrogen-bond acceptors (Lipinski definition) is 0. The largest absolute Gasteiger partial charge is 0.359 e. The summed E-state index contributed by atoms with van der Waals surface area (Å²) in [7, 11) is 0. The topological polar surface area (TPSA) is 4.93 Å². The number of aromatic nitrogens is 1. The van der Waals surface area contributed by atoms with E-state index in [9.17, 15) is 13.2 Å². The van der Waals surface area contributed by atoms with Crippen molar-refractivity contribution in [1.29, 1.82) is 0 Å². The summed E-state index contributed by atoms with van der Waals surface area (Å²) in [5.41, 5.74) is -0.944. The second kappa shape index (κ2) is 5.81. The van der Waals surface area contributed by atoms with Crippen molar-refractivity contribution in [2.24, 2.45) is 0 Å².